The zero-order valence-electron chi connectivity index (χ0n) is 12.7. The smallest absolute Gasteiger partial charge is 0.0588 e. The molecule has 1 N–H and O–H groups in total. The van der Waals surface area contributed by atoms with E-state index in [2.05, 4.69) is 94.1 Å². The van der Waals surface area contributed by atoms with E-state index in [1.165, 1.54) is 25.8 Å². The van der Waals surface area contributed by atoms with Crippen LogP contribution in [0.15, 0.2) is 40.9 Å². The lowest BCUT2D eigenvalue weighted by Crippen LogP contribution is -2.20. The van der Waals surface area contributed by atoms with E-state index in [4.69, 9.17) is 0 Å². The Bertz CT molecular complexity index is 625. The molecule has 1 atom stereocenters. The molecule has 0 aliphatic rings. The van der Waals surface area contributed by atoms with Gasteiger partial charge in [0.1, 0.15) is 0 Å². The fourth-order valence-electron chi connectivity index (χ4n) is 2.67. The standard InChI is InChI=1S/C18H21BrIN/c1-4-12-6-7-13(5-2)15(10-12)18(21-3)16-11-14(20)8-9-17(16)19/h6-11,18,21H,4-5H2,1-3H3. The van der Waals surface area contributed by atoms with Crippen molar-refractivity contribution in [3.8, 4) is 0 Å². The molecule has 0 saturated heterocycles. The monoisotopic (exact) mass is 457 g/mol. The van der Waals surface area contributed by atoms with Gasteiger partial charge in [0.2, 0.25) is 0 Å². The quantitative estimate of drug-likeness (QED) is 0.585. The Hall–Kier alpha value is -0.390. The first-order valence-corrected chi connectivity index (χ1v) is 9.21. The maximum Gasteiger partial charge on any atom is 0.0588 e. The van der Waals surface area contributed by atoms with Crippen molar-refractivity contribution >= 4 is 38.5 Å². The molecular formula is C18H21BrIN. The first kappa shape index (κ1) is 17.0. The van der Waals surface area contributed by atoms with Crippen LogP contribution in [-0.2, 0) is 12.8 Å². The summed E-state index contributed by atoms with van der Waals surface area (Å²) < 4.78 is 2.42. The lowest BCUT2D eigenvalue weighted by molar-refractivity contribution is 0.679. The van der Waals surface area contributed by atoms with Gasteiger partial charge in [0, 0.05) is 8.04 Å². The van der Waals surface area contributed by atoms with E-state index in [0.717, 1.165) is 17.3 Å². The number of aryl methyl sites for hydroxylation is 2. The van der Waals surface area contributed by atoms with Gasteiger partial charge in [-0.15, -0.1) is 0 Å². The van der Waals surface area contributed by atoms with Gasteiger partial charge in [-0.05, 0) is 82.9 Å². The molecule has 0 aliphatic heterocycles. The molecule has 21 heavy (non-hydrogen) atoms. The second-order valence-corrected chi connectivity index (χ2v) is 7.23. The molecule has 0 amide bonds. The van der Waals surface area contributed by atoms with E-state index in [0.29, 0.717) is 0 Å². The van der Waals surface area contributed by atoms with E-state index in [1.54, 1.807) is 0 Å². The average Bonchev–Trinajstić information content (AvgIpc) is 2.51. The van der Waals surface area contributed by atoms with Gasteiger partial charge in [0.05, 0.1) is 6.04 Å². The summed E-state index contributed by atoms with van der Waals surface area (Å²) in [6, 6.07) is 13.6. The molecule has 0 aromatic heterocycles. The second kappa shape index (κ2) is 7.75. The third-order valence-corrected chi connectivity index (χ3v) is 5.26. The third-order valence-electron chi connectivity index (χ3n) is 3.87. The Morgan fingerprint density at radius 2 is 1.81 bits per heavy atom. The molecule has 0 radical (unpaired) electrons. The lowest BCUT2D eigenvalue weighted by atomic mass is 9.91. The minimum atomic E-state index is 0.218. The van der Waals surface area contributed by atoms with Crippen LogP contribution in [0.1, 0.15) is 42.1 Å². The van der Waals surface area contributed by atoms with Crippen LogP contribution < -0.4 is 5.32 Å². The van der Waals surface area contributed by atoms with Crippen molar-refractivity contribution in [2.45, 2.75) is 32.7 Å². The number of hydrogen-bond acceptors (Lipinski definition) is 1. The molecule has 0 aliphatic carbocycles. The predicted molar refractivity (Wildman–Crippen MR) is 103 cm³/mol. The number of hydrogen-bond donors (Lipinski definition) is 1. The Balaban J connectivity index is 2.57. The van der Waals surface area contributed by atoms with Crippen LogP contribution in [0.4, 0.5) is 0 Å². The van der Waals surface area contributed by atoms with Crippen molar-refractivity contribution in [2.24, 2.45) is 0 Å². The van der Waals surface area contributed by atoms with E-state index >= 15 is 0 Å². The maximum absolute atomic E-state index is 3.71. The van der Waals surface area contributed by atoms with Crippen LogP contribution in [0.5, 0.6) is 0 Å². The second-order valence-electron chi connectivity index (χ2n) is 5.13. The van der Waals surface area contributed by atoms with Gasteiger partial charge < -0.3 is 5.32 Å². The first-order chi connectivity index (χ1) is 10.1. The summed E-state index contributed by atoms with van der Waals surface area (Å²) in [5.74, 6) is 0. The molecule has 112 valence electrons. The third kappa shape index (κ3) is 3.88. The van der Waals surface area contributed by atoms with Gasteiger partial charge in [-0.3, -0.25) is 0 Å². The SMILES string of the molecule is CCc1ccc(CC)c(C(NC)c2cc(I)ccc2Br)c1. The van der Waals surface area contributed by atoms with Crippen molar-refractivity contribution in [3.05, 3.63) is 66.7 Å². The lowest BCUT2D eigenvalue weighted by Gasteiger charge is -2.22. The maximum atomic E-state index is 3.71. The van der Waals surface area contributed by atoms with E-state index in [9.17, 15) is 0 Å². The van der Waals surface area contributed by atoms with Gasteiger partial charge in [0.25, 0.3) is 0 Å². The highest BCUT2D eigenvalue weighted by molar-refractivity contribution is 14.1. The summed E-state index contributed by atoms with van der Waals surface area (Å²) in [5, 5.41) is 3.50. The number of benzene rings is 2. The van der Waals surface area contributed by atoms with Gasteiger partial charge in [-0.2, -0.15) is 0 Å². The van der Waals surface area contributed by atoms with Gasteiger partial charge in [0.15, 0.2) is 0 Å². The van der Waals surface area contributed by atoms with Crippen LogP contribution in [0.25, 0.3) is 0 Å². The van der Waals surface area contributed by atoms with E-state index in [-0.39, 0.29) is 6.04 Å². The van der Waals surface area contributed by atoms with Crippen LogP contribution in [0.2, 0.25) is 0 Å². The zero-order valence-corrected chi connectivity index (χ0v) is 16.5. The molecular weight excluding hydrogens is 437 g/mol. The normalized spacial score (nSPS) is 12.4. The van der Waals surface area contributed by atoms with Crippen molar-refractivity contribution in [1.29, 1.82) is 0 Å². The largest absolute Gasteiger partial charge is 0.309 e. The Kier molecular flexibility index (Phi) is 6.26. The molecule has 1 unspecified atom stereocenters. The Morgan fingerprint density at radius 1 is 1.05 bits per heavy atom. The molecule has 0 spiro atoms. The molecule has 3 heteroatoms. The van der Waals surface area contributed by atoms with Crippen LogP contribution >= 0.6 is 38.5 Å². The molecule has 0 fully saturated rings. The highest BCUT2D eigenvalue weighted by Crippen LogP contribution is 2.32. The summed E-state index contributed by atoms with van der Waals surface area (Å²) in [7, 11) is 2.04. The van der Waals surface area contributed by atoms with Crippen molar-refractivity contribution in [3.63, 3.8) is 0 Å². The fourth-order valence-corrected chi connectivity index (χ4v) is 3.66. The topological polar surface area (TPSA) is 12.0 Å². The molecule has 0 bridgehead atoms. The van der Waals surface area contributed by atoms with E-state index in [1.807, 2.05) is 7.05 Å². The highest BCUT2D eigenvalue weighted by Gasteiger charge is 2.18. The van der Waals surface area contributed by atoms with Crippen LogP contribution in [0, 0.1) is 3.57 Å². The van der Waals surface area contributed by atoms with Gasteiger partial charge >= 0.3 is 0 Å². The van der Waals surface area contributed by atoms with Crippen molar-refractivity contribution < 1.29 is 0 Å². The van der Waals surface area contributed by atoms with Crippen LogP contribution in [-0.4, -0.2) is 7.05 Å². The summed E-state index contributed by atoms with van der Waals surface area (Å²) in [6.07, 6.45) is 2.12. The molecule has 2 aromatic carbocycles. The zero-order chi connectivity index (χ0) is 15.4. The van der Waals surface area contributed by atoms with Crippen molar-refractivity contribution in [1.82, 2.24) is 5.32 Å². The summed E-state index contributed by atoms with van der Waals surface area (Å²) in [4.78, 5) is 0. The highest BCUT2D eigenvalue weighted by atomic mass is 127. The summed E-state index contributed by atoms with van der Waals surface area (Å²) in [6.45, 7) is 4.43. The summed E-state index contributed by atoms with van der Waals surface area (Å²) in [5.41, 5.74) is 5.50. The van der Waals surface area contributed by atoms with Gasteiger partial charge in [-0.1, -0.05) is 48.0 Å². The van der Waals surface area contributed by atoms with E-state index < -0.39 is 0 Å². The fraction of sp³-hybridized carbons (Fsp3) is 0.333. The molecule has 0 heterocycles. The Labute approximate surface area is 149 Å². The molecule has 1 nitrogen and oxygen atoms in total. The molecule has 2 aromatic rings. The Morgan fingerprint density at radius 3 is 2.43 bits per heavy atom. The minimum absolute atomic E-state index is 0.218. The summed E-state index contributed by atoms with van der Waals surface area (Å²) >= 11 is 6.08. The first-order valence-electron chi connectivity index (χ1n) is 7.34. The molecule has 2 rings (SSSR count). The number of nitrogens with one attached hydrogen (secondary N) is 1. The van der Waals surface area contributed by atoms with Crippen molar-refractivity contribution in [2.75, 3.05) is 7.05 Å². The predicted octanol–water partition coefficient (Wildman–Crippen LogP) is 5.49. The average molecular weight is 458 g/mol. The number of rotatable bonds is 5. The molecule has 0 saturated carbocycles. The minimum Gasteiger partial charge on any atom is -0.309 e. The van der Waals surface area contributed by atoms with Gasteiger partial charge in [-0.25, -0.2) is 0 Å². The van der Waals surface area contributed by atoms with Crippen LogP contribution in [0.3, 0.4) is 0 Å². The number of halogens is 2.